The van der Waals surface area contributed by atoms with Gasteiger partial charge in [-0.25, -0.2) is 0 Å². The van der Waals surface area contributed by atoms with Crippen molar-refractivity contribution in [1.82, 2.24) is 9.88 Å². The Labute approximate surface area is 156 Å². The van der Waals surface area contributed by atoms with Crippen LogP contribution in [0.15, 0.2) is 36.7 Å². The molecule has 0 aliphatic carbocycles. The molecular formula is C18H18Cl2N4O. The first-order valence-corrected chi connectivity index (χ1v) is 9.05. The summed E-state index contributed by atoms with van der Waals surface area (Å²) in [4.78, 5) is 21.1. The lowest BCUT2D eigenvalue weighted by Crippen LogP contribution is -2.60. The summed E-state index contributed by atoms with van der Waals surface area (Å²) in [5.74, 6) is 0.0134. The number of amides is 1. The van der Waals surface area contributed by atoms with Crippen LogP contribution >= 0.6 is 23.2 Å². The van der Waals surface area contributed by atoms with Gasteiger partial charge in [-0.2, -0.15) is 0 Å². The zero-order valence-corrected chi connectivity index (χ0v) is 15.1. The van der Waals surface area contributed by atoms with Crippen molar-refractivity contribution in [1.29, 1.82) is 0 Å². The van der Waals surface area contributed by atoms with Crippen molar-refractivity contribution >= 4 is 40.5 Å². The number of piperazine rings is 1. The number of benzene rings is 1. The summed E-state index contributed by atoms with van der Waals surface area (Å²) in [5.41, 5.74) is 2.95. The van der Waals surface area contributed by atoms with Gasteiger partial charge in [-0.05, 0) is 36.2 Å². The van der Waals surface area contributed by atoms with Gasteiger partial charge < -0.3 is 10.2 Å². The second kappa shape index (κ2) is 6.83. The van der Waals surface area contributed by atoms with Crippen LogP contribution in [0.3, 0.4) is 0 Å². The number of halogens is 2. The molecule has 0 radical (unpaired) electrons. The second-order valence-corrected chi connectivity index (χ2v) is 7.20. The number of pyridine rings is 1. The van der Waals surface area contributed by atoms with Gasteiger partial charge >= 0.3 is 0 Å². The van der Waals surface area contributed by atoms with E-state index in [1.165, 1.54) is 5.56 Å². The molecule has 3 heterocycles. The van der Waals surface area contributed by atoms with Crippen LogP contribution in [0, 0.1) is 0 Å². The van der Waals surface area contributed by atoms with Crippen LogP contribution < -0.4 is 10.2 Å². The second-order valence-electron chi connectivity index (χ2n) is 6.39. The summed E-state index contributed by atoms with van der Waals surface area (Å²) in [6.45, 7) is 3.33. The average Bonchev–Trinajstić information content (AvgIpc) is 2.63. The van der Waals surface area contributed by atoms with Crippen LogP contribution in [-0.2, 0) is 11.2 Å². The van der Waals surface area contributed by atoms with Crippen molar-refractivity contribution in [3.05, 3.63) is 52.3 Å². The predicted molar refractivity (Wildman–Crippen MR) is 101 cm³/mol. The number of nitrogens with one attached hydrogen (secondary N) is 1. The third-order valence-electron chi connectivity index (χ3n) is 4.84. The number of hydrogen-bond acceptors (Lipinski definition) is 4. The van der Waals surface area contributed by atoms with Crippen molar-refractivity contribution in [3.8, 4) is 0 Å². The third kappa shape index (κ3) is 3.32. The van der Waals surface area contributed by atoms with Crippen LogP contribution in [0.4, 0.5) is 11.4 Å². The van der Waals surface area contributed by atoms with Crippen molar-refractivity contribution in [2.24, 2.45) is 0 Å². The van der Waals surface area contributed by atoms with Gasteiger partial charge in [0.05, 0.1) is 21.4 Å². The summed E-state index contributed by atoms with van der Waals surface area (Å²) in [7, 11) is 0. The van der Waals surface area contributed by atoms with Gasteiger partial charge in [-0.1, -0.05) is 23.2 Å². The van der Waals surface area contributed by atoms with E-state index in [9.17, 15) is 4.79 Å². The smallest absolute Gasteiger partial charge is 0.248 e. The summed E-state index contributed by atoms with van der Waals surface area (Å²) < 4.78 is 0. The Morgan fingerprint density at radius 2 is 1.92 bits per heavy atom. The number of fused-ring (bicyclic) bond motifs is 3. The SMILES string of the molecule is O=C1Nc2cc(Cl)c(Cl)cc2N2CCN(CCc3ccncc3)CC12. The Bertz CT molecular complexity index is 799. The largest absolute Gasteiger partial charge is 0.355 e. The van der Waals surface area contributed by atoms with Crippen molar-refractivity contribution in [3.63, 3.8) is 0 Å². The maximum absolute atomic E-state index is 12.5. The average molecular weight is 377 g/mol. The highest BCUT2D eigenvalue weighted by Gasteiger charge is 2.37. The molecule has 1 unspecified atom stereocenters. The molecule has 1 saturated heterocycles. The molecule has 0 saturated carbocycles. The normalized spacial score (nSPS) is 20.0. The van der Waals surface area contributed by atoms with Crippen LogP contribution in [0.5, 0.6) is 0 Å². The Balaban J connectivity index is 1.48. The van der Waals surface area contributed by atoms with E-state index in [4.69, 9.17) is 23.2 Å². The zero-order chi connectivity index (χ0) is 17.4. The fraction of sp³-hybridized carbons (Fsp3) is 0.333. The first-order chi connectivity index (χ1) is 12.1. The third-order valence-corrected chi connectivity index (χ3v) is 5.56. The summed E-state index contributed by atoms with van der Waals surface area (Å²) in [5, 5.41) is 3.93. The minimum atomic E-state index is -0.198. The van der Waals surface area contributed by atoms with Crippen molar-refractivity contribution in [2.75, 3.05) is 36.4 Å². The summed E-state index contributed by atoms with van der Waals surface area (Å²) in [6.07, 6.45) is 4.58. The van der Waals surface area contributed by atoms with E-state index in [1.54, 1.807) is 6.07 Å². The van der Waals surface area contributed by atoms with E-state index in [0.29, 0.717) is 16.6 Å². The van der Waals surface area contributed by atoms with Gasteiger partial charge in [-0.3, -0.25) is 14.7 Å². The fourth-order valence-corrected chi connectivity index (χ4v) is 3.80. The lowest BCUT2D eigenvalue weighted by atomic mass is 10.0. The lowest BCUT2D eigenvalue weighted by Gasteiger charge is -2.45. The molecule has 1 fully saturated rings. The summed E-state index contributed by atoms with van der Waals surface area (Å²) in [6, 6.07) is 7.44. The molecule has 0 spiro atoms. The molecule has 5 nitrogen and oxygen atoms in total. The quantitative estimate of drug-likeness (QED) is 0.893. The maximum atomic E-state index is 12.5. The first-order valence-electron chi connectivity index (χ1n) is 8.29. The van der Waals surface area contributed by atoms with Gasteiger partial charge in [0.25, 0.3) is 0 Å². The van der Waals surface area contributed by atoms with Gasteiger partial charge in [0, 0.05) is 38.6 Å². The van der Waals surface area contributed by atoms with Gasteiger partial charge in [-0.15, -0.1) is 0 Å². The van der Waals surface area contributed by atoms with Crippen molar-refractivity contribution in [2.45, 2.75) is 12.5 Å². The highest BCUT2D eigenvalue weighted by Crippen LogP contribution is 2.39. The van der Waals surface area contributed by atoms with Crippen LogP contribution in [0.2, 0.25) is 10.0 Å². The Morgan fingerprint density at radius 3 is 2.72 bits per heavy atom. The molecule has 1 aromatic carbocycles. The molecular weight excluding hydrogens is 359 g/mol. The maximum Gasteiger partial charge on any atom is 0.248 e. The standard InChI is InChI=1S/C18H18Cl2N4O/c19-13-9-15-16(10-14(13)20)24-8-7-23(11-17(24)18(25)22-15)6-3-12-1-4-21-5-2-12/h1-2,4-5,9-10,17H,3,6-8,11H2,(H,22,25). The van der Waals surface area contributed by atoms with E-state index >= 15 is 0 Å². The first kappa shape index (κ1) is 16.6. The number of nitrogens with zero attached hydrogens (tertiary/aromatic N) is 3. The number of anilines is 2. The Kier molecular flexibility index (Phi) is 4.54. The number of rotatable bonds is 3. The molecule has 2 aliphatic rings. The minimum absolute atomic E-state index is 0.0134. The molecule has 2 aliphatic heterocycles. The number of carbonyl (C=O) groups is 1. The van der Waals surface area contributed by atoms with E-state index in [1.807, 2.05) is 30.6 Å². The van der Waals surface area contributed by atoms with Gasteiger partial charge in [0.15, 0.2) is 0 Å². The highest BCUT2D eigenvalue weighted by molar-refractivity contribution is 6.42. The lowest BCUT2D eigenvalue weighted by molar-refractivity contribution is -0.118. The van der Waals surface area contributed by atoms with Crippen molar-refractivity contribution < 1.29 is 4.79 Å². The van der Waals surface area contributed by atoms with E-state index in [-0.39, 0.29) is 11.9 Å². The van der Waals surface area contributed by atoms with Gasteiger partial charge in [0.1, 0.15) is 6.04 Å². The molecule has 25 heavy (non-hydrogen) atoms. The van der Waals surface area contributed by atoms with Crippen LogP contribution in [-0.4, -0.2) is 48.0 Å². The molecule has 1 N–H and O–H groups in total. The van der Waals surface area contributed by atoms with E-state index < -0.39 is 0 Å². The fourth-order valence-electron chi connectivity index (χ4n) is 3.48. The van der Waals surface area contributed by atoms with Crippen LogP contribution in [0.25, 0.3) is 0 Å². The molecule has 1 atom stereocenters. The van der Waals surface area contributed by atoms with Gasteiger partial charge in [0.2, 0.25) is 5.91 Å². The molecule has 4 rings (SSSR count). The molecule has 0 bridgehead atoms. The molecule has 1 amide bonds. The topological polar surface area (TPSA) is 48.5 Å². The zero-order valence-electron chi connectivity index (χ0n) is 13.6. The van der Waals surface area contributed by atoms with Crippen LogP contribution in [0.1, 0.15) is 5.56 Å². The number of aromatic nitrogens is 1. The molecule has 130 valence electrons. The minimum Gasteiger partial charge on any atom is -0.355 e. The Hall–Kier alpha value is -1.82. The number of carbonyl (C=O) groups excluding carboxylic acids is 1. The Morgan fingerprint density at radius 1 is 1.16 bits per heavy atom. The summed E-state index contributed by atoms with van der Waals surface area (Å²) >= 11 is 12.2. The van der Waals surface area contributed by atoms with E-state index in [0.717, 1.165) is 37.4 Å². The predicted octanol–water partition coefficient (Wildman–Crippen LogP) is 3.07. The molecule has 1 aromatic heterocycles. The monoisotopic (exact) mass is 376 g/mol. The number of hydrogen-bond donors (Lipinski definition) is 1. The molecule has 2 aromatic rings. The van der Waals surface area contributed by atoms with E-state index in [2.05, 4.69) is 20.1 Å². The molecule has 7 heteroatoms. The highest BCUT2D eigenvalue weighted by atomic mass is 35.5.